The van der Waals surface area contributed by atoms with E-state index < -0.39 is 35.4 Å². The number of rotatable bonds is 24. The molecule has 308 valence electrons. The maximum Gasteiger partial charge on any atom is 0.508 e. The molecule has 0 radical (unpaired) electrons. The topological polar surface area (TPSA) is 153 Å². The van der Waals surface area contributed by atoms with E-state index in [2.05, 4.69) is 10.3 Å². The lowest BCUT2D eigenvalue weighted by Gasteiger charge is -2.14. The van der Waals surface area contributed by atoms with Gasteiger partial charge in [0.15, 0.2) is 0 Å². The van der Waals surface area contributed by atoms with E-state index in [9.17, 15) is 27.6 Å². The average molecular weight is 801 g/mol. The number of ether oxygens (including phenoxy) is 8. The van der Waals surface area contributed by atoms with Crippen LogP contribution < -0.4 is 10.9 Å². The maximum absolute atomic E-state index is 13.6. The number of carbonyl (C=O) groups excluding carboxylic acids is 2. The van der Waals surface area contributed by atoms with E-state index in [0.717, 1.165) is 11.6 Å². The molecule has 1 amide bonds. The molecular weight excluding hydrogens is 753 g/mol. The molecule has 0 spiro atoms. The van der Waals surface area contributed by atoms with Crippen LogP contribution in [0, 0.1) is 0 Å². The van der Waals surface area contributed by atoms with E-state index in [1.165, 1.54) is 24.3 Å². The Kier molecular flexibility index (Phi) is 17.3. The number of pyridine rings is 1. The third kappa shape index (κ3) is 14.2. The van der Waals surface area contributed by atoms with E-state index >= 15 is 0 Å². The highest BCUT2D eigenvalue weighted by Gasteiger charge is 2.35. The predicted octanol–water partition coefficient (Wildman–Crippen LogP) is 5.64. The molecule has 16 heteroatoms. The van der Waals surface area contributed by atoms with Crippen LogP contribution in [0.4, 0.5) is 18.0 Å². The molecule has 2 atom stereocenters. The van der Waals surface area contributed by atoms with Crippen LogP contribution in [-0.4, -0.2) is 109 Å². The van der Waals surface area contributed by atoms with E-state index in [0.29, 0.717) is 83.6 Å². The highest BCUT2D eigenvalue weighted by atomic mass is 19.4. The number of aromatic amines is 1. The molecule has 0 bridgehead atoms. The number of carbonyl (C=O) groups is 2. The molecule has 1 unspecified atom stereocenters. The van der Waals surface area contributed by atoms with Gasteiger partial charge in [-0.05, 0) is 41.1 Å². The van der Waals surface area contributed by atoms with E-state index in [4.69, 9.17) is 37.9 Å². The van der Waals surface area contributed by atoms with Crippen molar-refractivity contribution in [1.82, 2.24) is 10.3 Å². The minimum absolute atomic E-state index is 0.0302. The predicted molar refractivity (Wildman–Crippen MR) is 202 cm³/mol. The normalized spacial score (nSPS) is 15.5. The maximum atomic E-state index is 13.6. The highest BCUT2D eigenvalue weighted by molar-refractivity contribution is 5.90. The van der Waals surface area contributed by atoms with Gasteiger partial charge in [0.1, 0.15) is 13.2 Å². The molecule has 1 aromatic heterocycles. The summed E-state index contributed by atoms with van der Waals surface area (Å²) in [5.41, 5.74) is 0.112. The van der Waals surface area contributed by atoms with E-state index in [-0.39, 0.29) is 48.8 Å². The van der Waals surface area contributed by atoms with Crippen molar-refractivity contribution in [2.24, 2.45) is 0 Å². The van der Waals surface area contributed by atoms with E-state index in [1.807, 2.05) is 30.3 Å². The fraction of sp³-hybridized carbons (Fsp3) is 0.439. The fourth-order valence-corrected chi connectivity index (χ4v) is 6.01. The number of hydrogen-bond acceptors (Lipinski definition) is 11. The summed E-state index contributed by atoms with van der Waals surface area (Å²) in [6.07, 6.45) is -5.22. The number of halogens is 3. The quantitative estimate of drug-likeness (QED) is 0.0669. The second-order valence-electron chi connectivity index (χ2n) is 12.9. The summed E-state index contributed by atoms with van der Waals surface area (Å²) in [4.78, 5) is 40.4. The van der Waals surface area contributed by atoms with Gasteiger partial charge in [-0.3, -0.25) is 9.59 Å². The van der Waals surface area contributed by atoms with Gasteiger partial charge in [0, 0.05) is 16.6 Å². The Bertz CT molecular complexity index is 1910. The summed E-state index contributed by atoms with van der Waals surface area (Å²) in [6.45, 7) is 4.83. The minimum Gasteiger partial charge on any atom is -0.432 e. The van der Waals surface area contributed by atoms with Crippen LogP contribution in [0.2, 0.25) is 0 Å². The number of hydrogen-bond donors (Lipinski definition) is 2. The van der Waals surface area contributed by atoms with E-state index in [1.54, 1.807) is 18.2 Å². The third-order valence-electron chi connectivity index (χ3n) is 8.80. The second-order valence-corrected chi connectivity index (χ2v) is 12.9. The smallest absolute Gasteiger partial charge is 0.432 e. The van der Waals surface area contributed by atoms with Crippen LogP contribution in [0.1, 0.15) is 29.0 Å². The Morgan fingerprint density at radius 1 is 0.667 bits per heavy atom. The molecule has 2 heterocycles. The largest absolute Gasteiger partial charge is 0.508 e. The SMILES string of the molecule is O=C(OCCOCCOCCOCCOCCOCCOCc1ccccc1)OCC1C[C@@H](c2ccc3cc(-c4ccccc4C(F)(F)F)[nH]c(=O)c3c2)C(=O)N1. The van der Waals surface area contributed by atoms with Gasteiger partial charge in [0.05, 0.1) is 96.8 Å². The average Bonchev–Trinajstić information content (AvgIpc) is 3.59. The van der Waals surface area contributed by atoms with Crippen LogP contribution in [0.5, 0.6) is 0 Å². The van der Waals surface area contributed by atoms with Crippen molar-refractivity contribution in [2.75, 3.05) is 85.9 Å². The Balaban J connectivity index is 0.860. The zero-order valence-electron chi connectivity index (χ0n) is 31.4. The monoisotopic (exact) mass is 800 g/mol. The number of aromatic nitrogens is 1. The molecule has 1 aliphatic rings. The summed E-state index contributed by atoms with van der Waals surface area (Å²) < 4.78 is 83.7. The summed E-state index contributed by atoms with van der Waals surface area (Å²) in [5, 5.41) is 3.43. The first-order chi connectivity index (χ1) is 27.7. The fourth-order valence-electron chi connectivity index (χ4n) is 6.01. The second kappa shape index (κ2) is 22.8. The molecule has 3 aromatic carbocycles. The molecule has 0 aliphatic carbocycles. The first-order valence-corrected chi connectivity index (χ1v) is 18.6. The van der Waals surface area contributed by atoms with Crippen molar-refractivity contribution < 1.29 is 60.7 Å². The van der Waals surface area contributed by atoms with Crippen LogP contribution >= 0.6 is 0 Å². The lowest BCUT2D eigenvalue weighted by Crippen LogP contribution is -2.31. The Hall–Kier alpha value is -4.84. The number of alkyl halides is 3. The molecular formula is C41H47F3N2O11. The Morgan fingerprint density at radius 2 is 1.25 bits per heavy atom. The molecule has 57 heavy (non-hydrogen) atoms. The lowest BCUT2D eigenvalue weighted by atomic mass is 9.93. The molecule has 4 aromatic rings. The number of benzene rings is 3. The van der Waals surface area contributed by atoms with Crippen LogP contribution in [0.3, 0.4) is 0 Å². The zero-order chi connectivity index (χ0) is 40.3. The molecule has 13 nitrogen and oxygen atoms in total. The highest BCUT2D eigenvalue weighted by Crippen LogP contribution is 2.37. The van der Waals surface area contributed by atoms with Crippen molar-refractivity contribution >= 4 is 22.8 Å². The first kappa shape index (κ1) is 43.3. The van der Waals surface area contributed by atoms with Crippen molar-refractivity contribution in [1.29, 1.82) is 0 Å². The summed E-state index contributed by atoms with van der Waals surface area (Å²) in [7, 11) is 0. The van der Waals surface area contributed by atoms with Crippen LogP contribution in [-0.2, 0) is 55.5 Å². The summed E-state index contributed by atoms with van der Waals surface area (Å²) >= 11 is 0. The first-order valence-electron chi connectivity index (χ1n) is 18.6. The molecule has 0 saturated carbocycles. The minimum atomic E-state index is -4.60. The van der Waals surface area contributed by atoms with Crippen LogP contribution in [0.15, 0.2) is 83.7 Å². The van der Waals surface area contributed by atoms with Gasteiger partial charge < -0.3 is 48.2 Å². The third-order valence-corrected chi connectivity index (χ3v) is 8.80. The Labute approximate surface area is 327 Å². The number of amides is 1. The van der Waals surface area contributed by atoms with Gasteiger partial charge in [0.25, 0.3) is 5.56 Å². The van der Waals surface area contributed by atoms with Gasteiger partial charge in [-0.2, -0.15) is 13.2 Å². The number of H-pyrrole nitrogens is 1. The summed E-state index contributed by atoms with van der Waals surface area (Å²) in [5.74, 6) is -0.938. The van der Waals surface area contributed by atoms with Gasteiger partial charge in [-0.1, -0.05) is 60.7 Å². The van der Waals surface area contributed by atoms with Crippen molar-refractivity contribution in [3.63, 3.8) is 0 Å². The molecule has 1 fully saturated rings. The molecule has 2 N–H and O–H groups in total. The lowest BCUT2D eigenvalue weighted by molar-refractivity contribution is -0.137. The number of nitrogens with one attached hydrogen (secondary N) is 2. The van der Waals surface area contributed by atoms with Gasteiger partial charge in [-0.25, -0.2) is 4.79 Å². The van der Waals surface area contributed by atoms with Crippen molar-refractivity contribution in [3.05, 3.63) is 106 Å². The summed E-state index contributed by atoms with van der Waals surface area (Å²) in [6, 6.07) is 20.7. The zero-order valence-corrected chi connectivity index (χ0v) is 31.4. The van der Waals surface area contributed by atoms with Crippen molar-refractivity contribution in [2.45, 2.75) is 31.2 Å². The van der Waals surface area contributed by atoms with Crippen LogP contribution in [0.25, 0.3) is 22.0 Å². The molecule has 1 aliphatic heterocycles. The standard InChI is InChI=1S/C41H47F3N2O11/c42-41(43,44)36-9-5-4-8-33(36)37-25-31-11-10-30(24-34(31)39(48)46-37)35-26-32(45-38(35)47)28-57-40(49)56-23-22-54-19-18-52-15-14-50-12-13-51-16-17-53-20-21-55-27-29-6-2-1-3-7-29/h1-11,24-25,32,35H,12-23,26-28H2,(H,45,47)(H,46,48)/t32?,35-/m0/s1. The van der Waals surface area contributed by atoms with Gasteiger partial charge in [0.2, 0.25) is 5.91 Å². The number of fused-ring (bicyclic) bond motifs is 1. The molecule has 1 saturated heterocycles. The Morgan fingerprint density at radius 3 is 1.88 bits per heavy atom. The molecule has 5 rings (SSSR count). The van der Waals surface area contributed by atoms with Gasteiger partial charge >= 0.3 is 12.3 Å². The van der Waals surface area contributed by atoms with Crippen molar-refractivity contribution in [3.8, 4) is 11.3 Å². The van der Waals surface area contributed by atoms with Gasteiger partial charge in [-0.15, -0.1) is 0 Å².